The van der Waals surface area contributed by atoms with E-state index in [1.807, 2.05) is 19.1 Å². The molecule has 0 saturated heterocycles. The van der Waals surface area contributed by atoms with Gasteiger partial charge < -0.3 is 14.0 Å². The second kappa shape index (κ2) is 7.92. The molecule has 27 heavy (non-hydrogen) atoms. The Bertz CT molecular complexity index is 894. The molecule has 4 rings (SSSR count). The molecule has 1 fully saturated rings. The predicted octanol–water partition coefficient (Wildman–Crippen LogP) is 4.64. The topological polar surface area (TPSA) is 83.2 Å². The Hall–Kier alpha value is -2.67. The standard InChI is InChI=1S/C19H19ClN4O3/c1-12(25-14-8-9-16(20)22-11-14)18-23-17(24-27-18)15-7-4-10-21-19(15)26-13-5-2-3-6-13/h4,7-13H,2-3,5-6H2,1H3/t12-/m0/s1. The van der Waals surface area contributed by atoms with Gasteiger partial charge in [0, 0.05) is 6.20 Å². The number of halogens is 1. The third kappa shape index (κ3) is 4.19. The molecule has 3 heterocycles. The van der Waals surface area contributed by atoms with Crippen LogP contribution in [0.3, 0.4) is 0 Å². The summed E-state index contributed by atoms with van der Waals surface area (Å²) in [6.07, 6.45) is 7.48. The lowest BCUT2D eigenvalue weighted by molar-refractivity contribution is 0.175. The van der Waals surface area contributed by atoms with E-state index in [0.29, 0.717) is 34.1 Å². The molecule has 3 aromatic heterocycles. The molecule has 8 heteroatoms. The van der Waals surface area contributed by atoms with Crippen molar-refractivity contribution in [1.82, 2.24) is 20.1 Å². The highest BCUT2D eigenvalue weighted by Crippen LogP contribution is 2.31. The van der Waals surface area contributed by atoms with Gasteiger partial charge >= 0.3 is 0 Å². The lowest BCUT2D eigenvalue weighted by Crippen LogP contribution is -2.12. The Balaban J connectivity index is 1.51. The summed E-state index contributed by atoms with van der Waals surface area (Å²) in [7, 11) is 0. The van der Waals surface area contributed by atoms with Gasteiger partial charge in [-0.25, -0.2) is 9.97 Å². The molecule has 1 atom stereocenters. The maximum Gasteiger partial charge on any atom is 0.267 e. The summed E-state index contributed by atoms with van der Waals surface area (Å²) in [6.45, 7) is 1.82. The zero-order chi connectivity index (χ0) is 18.6. The Labute approximate surface area is 161 Å². The monoisotopic (exact) mass is 386 g/mol. The fraction of sp³-hybridized carbons (Fsp3) is 0.368. The van der Waals surface area contributed by atoms with E-state index < -0.39 is 6.10 Å². The Morgan fingerprint density at radius 3 is 2.81 bits per heavy atom. The summed E-state index contributed by atoms with van der Waals surface area (Å²) in [5, 5.41) is 4.48. The van der Waals surface area contributed by atoms with E-state index in [1.165, 1.54) is 12.8 Å². The zero-order valence-corrected chi connectivity index (χ0v) is 15.6. The minimum atomic E-state index is -0.440. The second-order valence-corrected chi connectivity index (χ2v) is 6.80. The van der Waals surface area contributed by atoms with Crippen molar-refractivity contribution in [3.05, 3.63) is 47.7 Å². The van der Waals surface area contributed by atoms with Crippen LogP contribution in [0.4, 0.5) is 0 Å². The summed E-state index contributed by atoms with van der Waals surface area (Å²) in [5.41, 5.74) is 0.708. The molecule has 1 aliphatic rings. The Morgan fingerprint density at radius 1 is 1.19 bits per heavy atom. The second-order valence-electron chi connectivity index (χ2n) is 6.41. The first-order valence-electron chi connectivity index (χ1n) is 8.93. The van der Waals surface area contributed by atoms with Crippen molar-refractivity contribution in [2.24, 2.45) is 0 Å². The van der Waals surface area contributed by atoms with Crippen molar-refractivity contribution in [1.29, 1.82) is 0 Å². The highest BCUT2D eigenvalue weighted by Gasteiger charge is 2.22. The summed E-state index contributed by atoms with van der Waals surface area (Å²) in [5.74, 6) is 1.89. The molecular weight excluding hydrogens is 368 g/mol. The van der Waals surface area contributed by atoms with Gasteiger partial charge in [-0.1, -0.05) is 16.8 Å². The number of nitrogens with zero attached hydrogens (tertiary/aromatic N) is 4. The first-order chi connectivity index (χ1) is 13.2. The van der Waals surface area contributed by atoms with E-state index in [-0.39, 0.29) is 6.10 Å². The largest absolute Gasteiger partial charge is 0.479 e. The van der Waals surface area contributed by atoms with Crippen molar-refractivity contribution >= 4 is 11.6 Å². The van der Waals surface area contributed by atoms with Crippen LogP contribution in [0.1, 0.15) is 44.6 Å². The third-order valence-corrected chi connectivity index (χ3v) is 4.62. The molecule has 0 aliphatic heterocycles. The van der Waals surface area contributed by atoms with Crippen molar-refractivity contribution in [2.45, 2.75) is 44.8 Å². The van der Waals surface area contributed by atoms with Gasteiger partial charge in [0.1, 0.15) is 17.0 Å². The van der Waals surface area contributed by atoms with E-state index in [0.717, 1.165) is 12.8 Å². The normalized spacial score (nSPS) is 15.6. The van der Waals surface area contributed by atoms with Gasteiger partial charge in [-0.2, -0.15) is 4.98 Å². The number of hydrogen-bond donors (Lipinski definition) is 0. The van der Waals surface area contributed by atoms with Crippen molar-refractivity contribution < 1.29 is 14.0 Å². The van der Waals surface area contributed by atoms with Gasteiger partial charge in [0.05, 0.1) is 11.8 Å². The summed E-state index contributed by atoms with van der Waals surface area (Å²) >= 11 is 5.79. The van der Waals surface area contributed by atoms with Crippen LogP contribution in [0.5, 0.6) is 11.6 Å². The molecule has 3 aromatic rings. The minimum Gasteiger partial charge on any atom is -0.479 e. The molecule has 0 amide bonds. The summed E-state index contributed by atoms with van der Waals surface area (Å²) in [4.78, 5) is 12.8. The molecule has 0 aromatic carbocycles. The van der Waals surface area contributed by atoms with Crippen LogP contribution >= 0.6 is 11.6 Å². The molecule has 1 aliphatic carbocycles. The van der Waals surface area contributed by atoms with Crippen LogP contribution in [-0.2, 0) is 0 Å². The third-order valence-electron chi connectivity index (χ3n) is 4.40. The molecule has 1 saturated carbocycles. The molecule has 0 unspecified atom stereocenters. The molecule has 0 bridgehead atoms. The lowest BCUT2D eigenvalue weighted by Gasteiger charge is -2.13. The van der Waals surface area contributed by atoms with Gasteiger partial charge in [0.25, 0.3) is 5.89 Å². The van der Waals surface area contributed by atoms with Crippen LogP contribution in [0.2, 0.25) is 5.15 Å². The van der Waals surface area contributed by atoms with Crippen molar-refractivity contribution in [3.63, 3.8) is 0 Å². The maximum atomic E-state index is 6.05. The lowest BCUT2D eigenvalue weighted by atomic mass is 10.2. The van der Waals surface area contributed by atoms with E-state index in [4.69, 9.17) is 25.6 Å². The highest BCUT2D eigenvalue weighted by molar-refractivity contribution is 6.29. The molecular formula is C19H19ClN4O3. The van der Waals surface area contributed by atoms with Gasteiger partial charge in [0.2, 0.25) is 11.7 Å². The molecule has 0 radical (unpaired) electrons. The highest BCUT2D eigenvalue weighted by atomic mass is 35.5. The van der Waals surface area contributed by atoms with Crippen LogP contribution in [0.25, 0.3) is 11.4 Å². The average Bonchev–Trinajstić information content (AvgIpc) is 3.36. The average molecular weight is 387 g/mol. The number of rotatable bonds is 6. The van der Waals surface area contributed by atoms with Gasteiger partial charge in [0.15, 0.2) is 6.10 Å². The van der Waals surface area contributed by atoms with E-state index in [1.54, 1.807) is 24.5 Å². The molecule has 140 valence electrons. The first kappa shape index (κ1) is 17.7. The molecule has 0 spiro atoms. The van der Waals surface area contributed by atoms with Gasteiger partial charge in [-0.15, -0.1) is 0 Å². The van der Waals surface area contributed by atoms with Gasteiger partial charge in [-0.05, 0) is 56.9 Å². The Kier molecular flexibility index (Phi) is 5.20. The van der Waals surface area contributed by atoms with Crippen LogP contribution in [-0.4, -0.2) is 26.2 Å². The quantitative estimate of drug-likeness (QED) is 0.570. The summed E-state index contributed by atoms with van der Waals surface area (Å²) < 4.78 is 17.2. The van der Waals surface area contributed by atoms with Crippen molar-refractivity contribution in [2.75, 3.05) is 0 Å². The predicted molar refractivity (Wildman–Crippen MR) is 98.7 cm³/mol. The van der Waals surface area contributed by atoms with E-state index in [2.05, 4.69) is 20.1 Å². The molecule has 7 nitrogen and oxygen atoms in total. The van der Waals surface area contributed by atoms with Crippen LogP contribution in [0, 0.1) is 0 Å². The van der Waals surface area contributed by atoms with Gasteiger partial charge in [-0.3, -0.25) is 0 Å². The van der Waals surface area contributed by atoms with E-state index >= 15 is 0 Å². The number of hydrogen-bond acceptors (Lipinski definition) is 7. The Morgan fingerprint density at radius 2 is 2.04 bits per heavy atom. The minimum absolute atomic E-state index is 0.199. The first-order valence-corrected chi connectivity index (χ1v) is 9.30. The van der Waals surface area contributed by atoms with Crippen LogP contribution < -0.4 is 9.47 Å². The zero-order valence-electron chi connectivity index (χ0n) is 14.8. The maximum absolute atomic E-state index is 6.05. The fourth-order valence-electron chi connectivity index (χ4n) is 3.02. The smallest absolute Gasteiger partial charge is 0.267 e. The van der Waals surface area contributed by atoms with E-state index in [9.17, 15) is 0 Å². The number of pyridine rings is 2. The van der Waals surface area contributed by atoms with Crippen molar-refractivity contribution in [3.8, 4) is 23.0 Å². The SMILES string of the molecule is C[C@H](Oc1ccc(Cl)nc1)c1nc(-c2cccnc2OC2CCCC2)no1. The fourth-order valence-corrected chi connectivity index (χ4v) is 3.13. The van der Waals surface area contributed by atoms with Crippen LogP contribution in [0.15, 0.2) is 41.2 Å². The summed E-state index contributed by atoms with van der Waals surface area (Å²) in [6, 6.07) is 7.09. The number of aromatic nitrogens is 4. The molecule has 0 N–H and O–H groups in total. The number of ether oxygens (including phenoxy) is 2.